The van der Waals surface area contributed by atoms with Gasteiger partial charge in [0, 0.05) is 17.6 Å². The van der Waals surface area contributed by atoms with Crippen LogP contribution < -0.4 is 11.1 Å². The summed E-state index contributed by atoms with van der Waals surface area (Å²) in [6, 6.07) is 4.91. The molecule has 1 aromatic carbocycles. The van der Waals surface area contributed by atoms with Crippen LogP contribution in [0.5, 0.6) is 0 Å². The van der Waals surface area contributed by atoms with Gasteiger partial charge in [0.2, 0.25) is 0 Å². The molecule has 0 aliphatic carbocycles. The van der Waals surface area contributed by atoms with Crippen molar-refractivity contribution in [3.63, 3.8) is 0 Å². The van der Waals surface area contributed by atoms with Crippen LogP contribution in [-0.4, -0.2) is 31.8 Å². The molecule has 0 radical (unpaired) electrons. The molecule has 1 fully saturated rings. The Morgan fingerprint density at radius 3 is 3.05 bits per heavy atom. The second-order valence-electron chi connectivity index (χ2n) is 4.77. The predicted octanol–water partition coefficient (Wildman–Crippen LogP) is 2.83. The van der Waals surface area contributed by atoms with Crippen molar-refractivity contribution < 1.29 is 9.13 Å². The molecule has 1 aliphatic heterocycles. The largest absolute Gasteiger partial charge is 0.376 e. The van der Waals surface area contributed by atoms with Gasteiger partial charge in [-0.25, -0.2) is 4.39 Å². The van der Waals surface area contributed by atoms with E-state index in [1.807, 2.05) is 0 Å². The molecule has 3 N–H and O–H groups in total. The fourth-order valence-corrected chi connectivity index (χ4v) is 2.51. The van der Waals surface area contributed by atoms with Crippen molar-refractivity contribution in [2.75, 3.05) is 19.7 Å². The fraction of sp³-hybridized carbons (Fsp3) is 0.500. The number of ether oxygens (including phenoxy) is 1. The molecule has 21 heavy (non-hydrogen) atoms. The third-order valence-electron chi connectivity index (χ3n) is 3.20. The van der Waals surface area contributed by atoms with Gasteiger partial charge in [0.05, 0.1) is 12.6 Å². The van der Waals surface area contributed by atoms with Crippen molar-refractivity contribution in [2.24, 2.45) is 10.7 Å². The Kier molecular flexibility index (Phi) is 8.50. The van der Waals surface area contributed by atoms with Gasteiger partial charge in [0.1, 0.15) is 5.82 Å². The van der Waals surface area contributed by atoms with E-state index in [4.69, 9.17) is 10.5 Å². The van der Waals surface area contributed by atoms with Crippen LogP contribution >= 0.6 is 39.9 Å². The van der Waals surface area contributed by atoms with Gasteiger partial charge in [-0.05, 0) is 43.0 Å². The first kappa shape index (κ1) is 18.6. The van der Waals surface area contributed by atoms with E-state index in [9.17, 15) is 4.39 Å². The lowest BCUT2D eigenvalue weighted by Gasteiger charge is -2.09. The first-order valence-electron chi connectivity index (χ1n) is 6.74. The molecule has 7 heteroatoms. The Hall–Kier alpha value is -0.410. The summed E-state index contributed by atoms with van der Waals surface area (Å²) in [5.41, 5.74) is 6.42. The van der Waals surface area contributed by atoms with Crippen molar-refractivity contribution in [3.8, 4) is 0 Å². The zero-order valence-electron chi connectivity index (χ0n) is 11.6. The van der Waals surface area contributed by atoms with E-state index < -0.39 is 0 Å². The Bertz CT molecular complexity index is 481. The van der Waals surface area contributed by atoms with E-state index in [2.05, 4.69) is 26.2 Å². The van der Waals surface area contributed by atoms with Crippen LogP contribution in [0.1, 0.15) is 18.4 Å². The average molecular weight is 472 g/mol. The maximum absolute atomic E-state index is 13.5. The first-order chi connectivity index (χ1) is 9.65. The molecule has 1 aliphatic rings. The SMILES string of the molecule is I.NC(=NCC1CCCO1)NCCc1cc(Br)ccc1F. The molecule has 1 heterocycles. The summed E-state index contributed by atoms with van der Waals surface area (Å²) < 4.78 is 19.9. The van der Waals surface area contributed by atoms with Crippen LogP contribution in [0.15, 0.2) is 27.7 Å². The third-order valence-corrected chi connectivity index (χ3v) is 3.69. The average Bonchev–Trinajstić information content (AvgIpc) is 2.93. The molecule has 118 valence electrons. The smallest absolute Gasteiger partial charge is 0.188 e. The van der Waals surface area contributed by atoms with Gasteiger partial charge in [0.25, 0.3) is 0 Å². The Morgan fingerprint density at radius 1 is 1.52 bits per heavy atom. The van der Waals surface area contributed by atoms with Gasteiger partial charge in [-0.15, -0.1) is 24.0 Å². The Labute approximate surface area is 149 Å². The maximum atomic E-state index is 13.5. The molecule has 1 aromatic rings. The number of nitrogens with one attached hydrogen (secondary N) is 1. The number of guanidine groups is 1. The highest BCUT2D eigenvalue weighted by Gasteiger charge is 2.14. The monoisotopic (exact) mass is 471 g/mol. The van der Waals surface area contributed by atoms with Crippen LogP contribution in [0.3, 0.4) is 0 Å². The highest BCUT2D eigenvalue weighted by Crippen LogP contribution is 2.15. The van der Waals surface area contributed by atoms with Crippen molar-refractivity contribution in [1.82, 2.24) is 5.32 Å². The summed E-state index contributed by atoms with van der Waals surface area (Å²) in [6.45, 7) is 1.95. The number of nitrogens with two attached hydrogens (primary N) is 1. The van der Waals surface area contributed by atoms with Crippen LogP contribution in [0, 0.1) is 5.82 Å². The molecule has 0 saturated carbocycles. The summed E-state index contributed by atoms with van der Waals surface area (Å²) >= 11 is 3.33. The summed E-state index contributed by atoms with van der Waals surface area (Å²) in [4.78, 5) is 4.23. The number of hydrogen-bond donors (Lipinski definition) is 2. The molecule has 1 atom stereocenters. The highest BCUT2D eigenvalue weighted by molar-refractivity contribution is 14.0. The summed E-state index contributed by atoms with van der Waals surface area (Å²) in [6.07, 6.45) is 2.88. The van der Waals surface area contributed by atoms with Crippen molar-refractivity contribution >= 4 is 45.9 Å². The quantitative estimate of drug-likeness (QED) is 0.394. The molecule has 0 amide bonds. The topological polar surface area (TPSA) is 59.6 Å². The lowest BCUT2D eigenvalue weighted by atomic mass is 10.1. The minimum Gasteiger partial charge on any atom is -0.376 e. The molecular formula is C14H20BrFIN3O. The Morgan fingerprint density at radius 2 is 2.33 bits per heavy atom. The maximum Gasteiger partial charge on any atom is 0.188 e. The van der Waals surface area contributed by atoms with Crippen LogP contribution in [-0.2, 0) is 11.2 Å². The number of nitrogens with zero attached hydrogens (tertiary/aromatic N) is 1. The molecular weight excluding hydrogens is 452 g/mol. The van der Waals surface area contributed by atoms with Crippen molar-refractivity contribution in [2.45, 2.75) is 25.4 Å². The van der Waals surface area contributed by atoms with Gasteiger partial charge in [-0.2, -0.15) is 0 Å². The highest BCUT2D eigenvalue weighted by atomic mass is 127. The summed E-state index contributed by atoms with van der Waals surface area (Å²) in [7, 11) is 0. The zero-order chi connectivity index (χ0) is 14.4. The van der Waals surface area contributed by atoms with E-state index in [1.165, 1.54) is 6.07 Å². The van der Waals surface area contributed by atoms with E-state index in [-0.39, 0.29) is 35.9 Å². The summed E-state index contributed by atoms with van der Waals surface area (Å²) in [5.74, 6) is 0.181. The molecule has 0 spiro atoms. The lowest BCUT2D eigenvalue weighted by molar-refractivity contribution is 0.118. The lowest BCUT2D eigenvalue weighted by Crippen LogP contribution is -2.34. The summed E-state index contributed by atoms with van der Waals surface area (Å²) in [5, 5.41) is 2.99. The van der Waals surface area contributed by atoms with Crippen molar-refractivity contribution in [1.29, 1.82) is 0 Å². The van der Waals surface area contributed by atoms with Gasteiger partial charge >= 0.3 is 0 Å². The minimum absolute atomic E-state index is 0. The number of halogens is 3. The second-order valence-corrected chi connectivity index (χ2v) is 5.69. The van der Waals surface area contributed by atoms with Gasteiger partial charge in [-0.3, -0.25) is 4.99 Å². The van der Waals surface area contributed by atoms with Crippen molar-refractivity contribution in [3.05, 3.63) is 34.1 Å². The normalized spacial score (nSPS) is 18.4. The minimum atomic E-state index is -0.204. The Balaban J connectivity index is 0.00000220. The van der Waals surface area contributed by atoms with E-state index in [0.29, 0.717) is 31.0 Å². The molecule has 0 aromatic heterocycles. The van der Waals surface area contributed by atoms with E-state index in [0.717, 1.165) is 23.9 Å². The second kappa shape index (κ2) is 9.58. The molecule has 0 bridgehead atoms. The van der Waals surface area contributed by atoms with Gasteiger partial charge in [0.15, 0.2) is 5.96 Å². The van der Waals surface area contributed by atoms with Gasteiger partial charge in [-0.1, -0.05) is 15.9 Å². The van der Waals surface area contributed by atoms with E-state index >= 15 is 0 Å². The third kappa shape index (κ3) is 6.48. The first-order valence-corrected chi connectivity index (χ1v) is 7.54. The van der Waals surface area contributed by atoms with Crippen LogP contribution in [0.25, 0.3) is 0 Å². The number of aliphatic imine (C=N–C) groups is 1. The van der Waals surface area contributed by atoms with Crippen LogP contribution in [0.2, 0.25) is 0 Å². The number of benzene rings is 1. The number of rotatable bonds is 5. The van der Waals surface area contributed by atoms with E-state index in [1.54, 1.807) is 12.1 Å². The molecule has 2 rings (SSSR count). The standard InChI is InChI=1S/C14H19BrFN3O.HI/c15-11-3-4-13(16)10(8-11)5-6-18-14(17)19-9-12-2-1-7-20-12;/h3-4,8,12H,1-2,5-7,9H2,(H3,17,18,19);1H. The number of hydrogen-bond acceptors (Lipinski definition) is 2. The molecule has 1 unspecified atom stereocenters. The molecule has 4 nitrogen and oxygen atoms in total. The predicted molar refractivity (Wildman–Crippen MR) is 96.7 cm³/mol. The molecule has 1 saturated heterocycles. The van der Waals surface area contributed by atoms with Crippen LogP contribution in [0.4, 0.5) is 4.39 Å². The fourth-order valence-electron chi connectivity index (χ4n) is 2.10. The van der Waals surface area contributed by atoms with Gasteiger partial charge < -0.3 is 15.8 Å². The zero-order valence-corrected chi connectivity index (χ0v) is 15.6.